The van der Waals surface area contributed by atoms with Crippen LogP contribution in [0.5, 0.6) is 5.75 Å². The van der Waals surface area contributed by atoms with E-state index in [9.17, 15) is 18.9 Å². The number of nitrogens with zero attached hydrogens (tertiary/aromatic N) is 5. The first kappa shape index (κ1) is 18.4. The van der Waals surface area contributed by atoms with Crippen LogP contribution in [0.3, 0.4) is 0 Å². The molecule has 0 saturated heterocycles. The zero-order valence-electron chi connectivity index (χ0n) is 14.8. The molecule has 2 aromatic carbocycles. The first-order valence-corrected chi connectivity index (χ1v) is 8.46. The van der Waals surface area contributed by atoms with Crippen molar-refractivity contribution in [2.24, 2.45) is 4.99 Å². The lowest BCUT2D eigenvalue weighted by atomic mass is 10.1. The van der Waals surface area contributed by atoms with Crippen molar-refractivity contribution in [2.75, 3.05) is 4.90 Å². The molecule has 1 aromatic heterocycles. The maximum atomic E-state index is 12.7. The zero-order chi connectivity index (χ0) is 20.4. The third-order valence-corrected chi connectivity index (χ3v) is 4.22. The number of amidine groups is 1. The molecule has 8 nitrogen and oxygen atoms in total. The Labute approximate surface area is 163 Å². The van der Waals surface area contributed by atoms with Gasteiger partial charge in [0.15, 0.2) is 5.84 Å². The maximum absolute atomic E-state index is 12.7. The van der Waals surface area contributed by atoms with E-state index in [-0.39, 0.29) is 18.0 Å². The van der Waals surface area contributed by atoms with Gasteiger partial charge in [-0.15, -0.1) is 0 Å². The molecule has 0 N–H and O–H groups in total. The van der Waals surface area contributed by atoms with Gasteiger partial charge < -0.3 is 4.74 Å². The smallest absolute Gasteiger partial charge is 0.387 e. The molecule has 1 aliphatic rings. The summed E-state index contributed by atoms with van der Waals surface area (Å²) in [7, 11) is 0. The predicted octanol–water partition coefficient (Wildman–Crippen LogP) is 4.08. The van der Waals surface area contributed by atoms with E-state index in [0.29, 0.717) is 28.5 Å². The molecule has 0 amide bonds. The van der Waals surface area contributed by atoms with Crippen molar-refractivity contribution in [1.29, 1.82) is 0 Å². The second-order valence-corrected chi connectivity index (χ2v) is 6.01. The molecule has 0 unspecified atom stereocenters. The number of aliphatic imine (C=N–C) groups is 1. The second-order valence-electron chi connectivity index (χ2n) is 6.01. The quantitative estimate of drug-likeness (QED) is 0.476. The molecule has 0 saturated carbocycles. The van der Waals surface area contributed by atoms with Crippen LogP contribution in [0.2, 0.25) is 0 Å². The number of benzene rings is 2. The number of non-ortho nitro benzene ring substituents is 1. The molecule has 0 atom stereocenters. The Hall–Kier alpha value is -3.95. The van der Waals surface area contributed by atoms with Crippen LogP contribution in [0.4, 0.5) is 25.8 Å². The third-order valence-electron chi connectivity index (χ3n) is 4.22. The Morgan fingerprint density at radius 3 is 2.76 bits per heavy atom. The van der Waals surface area contributed by atoms with Crippen molar-refractivity contribution >= 4 is 22.9 Å². The average Bonchev–Trinajstić information content (AvgIpc) is 2.72. The van der Waals surface area contributed by atoms with Crippen LogP contribution in [-0.4, -0.2) is 27.3 Å². The highest BCUT2D eigenvalue weighted by molar-refractivity contribution is 6.14. The molecular formula is C19H13F2N5O3. The molecule has 0 spiro atoms. The lowest BCUT2D eigenvalue weighted by Crippen LogP contribution is -2.31. The van der Waals surface area contributed by atoms with E-state index in [0.717, 1.165) is 0 Å². The van der Waals surface area contributed by atoms with Gasteiger partial charge in [-0.2, -0.15) is 8.78 Å². The van der Waals surface area contributed by atoms with Crippen molar-refractivity contribution < 1.29 is 18.4 Å². The fraction of sp³-hybridized carbons (Fsp3) is 0.105. The number of hydrogen-bond donors (Lipinski definition) is 0. The number of hydrogen-bond acceptors (Lipinski definition) is 7. The Morgan fingerprint density at radius 2 is 2.03 bits per heavy atom. The van der Waals surface area contributed by atoms with Gasteiger partial charge in [-0.25, -0.2) is 4.98 Å². The largest absolute Gasteiger partial charge is 0.435 e. The summed E-state index contributed by atoms with van der Waals surface area (Å²) in [5.74, 6) is 0.415. The van der Waals surface area contributed by atoms with E-state index in [2.05, 4.69) is 19.7 Å². The summed E-state index contributed by atoms with van der Waals surface area (Å²) in [6, 6.07) is 10.5. The number of fused-ring (bicyclic) bond motifs is 1. The van der Waals surface area contributed by atoms with Crippen molar-refractivity contribution in [3.63, 3.8) is 0 Å². The number of anilines is 2. The van der Waals surface area contributed by atoms with Gasteiger partial charge in [0.05, 0.1) is 29.0 Å². The Balaban J connectivity index is 1.85. The Morgan fingerprint density at radius 1 is 1.17 bits per heavy atom. The van der Waals surface area contributed by atoms with Gasteiger partial charge >= 0.3 is 6.61 Å². The molecule has 1 aliphatic heterocycles. The van der Waals surface area contributed by atoms with E-state index in [4.69, 9.17) is 0 Å². The van der Waals surface area contributed by atoms with Crippen LogP contribution in [0.1, 0.15) is 11.3 Å². The molecule has 4 rings (SSSR count). The molecule has 3 aromatic rings. The summed E-state index contributed by atoms with van der Waals surface area (Å²) in [5.41, 5.74) is 2.14. The molecule has 0 fully saturated rings. The van der Waals surface area contributed by atoms with Gasteiger partial charge in [0.2, 0.25) is 0 Å². The first-order valence-electron chi connectivity index (χ1n) is 8.46. The number of rotatable bonds is 5. The highest BCUT2D eigenvalue weighted by atomic mass is 19.3. The minimum Gasteiger partial charge on any atom is -0.435 e. The number of nitro benzene ring substituents is 1. The Bertz CT molecular complexity index is 1090. The molecule has 10 heteroatoms. The van der Waals surface area contributed by atoms with Crippen LogP contribution in [0, 0.1) is 10.1 Å². The number of halogens is 2. The van der Waals surface area contributed by atoms with Gasteiger partial charge in [-0.3, -0.25) is 25.0 Å². The lowest BCUT2D eigenvalue weighted by Gasteiger charge is -2.31. The standard InChI is InChI=1S/C19H13F2N5O3/c20-19(21)29-15-3-1-2-13(9-15)25-17-5-4-14(26(27)28)8-12(17)10-24-18(25)16-11-22-6-7-23-16/h1-9,11,19H,10H2. The molecule has 0 aliphatic carbocycles. The molecular weight excluding hydrogens is 384 g/mol. The van der Waals surface area contributed by atoms with Crippen molar-refractivity contribution in [2.45, 2.75) is 13.2 Å². The molecule has 0 bridgehead atoms. The van der Waals surface area contributed by atoms with Crippen LogP contribution in [-0.2, 0) is 6.54 Å². The molecule has 2 heterocycles. The second kappa shape index (κ2) is 7.58. The summed E-state index contributed by atoms with van der Waals surface area (Å²) in [4.78, 5) is 25.2. The van der Waals surface area contributed by atoms with Gasteiger partial charge in [-0.05, 0) is 18.2 Å². The van der Waals surface area contributed by atoms with Gasteiger partial charge in [-0.1, -0.05) is 6.07 Å². The van der Waals surface area contributed by atoms with E-state index >= 15 is 0 Å². The van der Waals surface area contributed by atoms with Crippen LogP contribution < -0.4 is 9.64 Å². The topological polar surface area (TPSA) is 93.8 Å². The number of aromatic nitrogens is 2. The fourth-order valence-corrected chi connectivity index (χ4v) is 3.05. The van der Waals surface area contributed by atoms with Gasteiger partial charge in [0, 0.05) is 36.2 Å². The van der Waals surface area contributed by atoms with Gasteiger partial charge in [0.1, 0.15) is 11.4 Å². The summed E-state index contributed by atoms with van der Waals surface area (Å²) in [5, 5.41) is 11.1. The highest BCUT2D eigenvalue weighted by Gasteiger charge is 2.27. The molecule has 29 heavy (non-hydrogen) atoms. The maximum Gasteiger partial charge on any atom is 0.387 e. The van der Waals surface area contributed by atoms with E-state index in [1.54, 1.807) is 23.1 Å². The number of alkyl halides is 2. The summed E-state index contributed by atoms with van der Waals surface area (Å²) in [6.07, 6.45) is 4.56. The lowest BCUT2D eigenvalue weighted by molar-refractivity contribution is -0.384. The minimum absolute atomic E-state index is 0.0231. The van der Waals surface area contributed by atoms with E-state index in [1.807, 2.05) is 0 Å². The average molecular weight is 397 g/mol. The fourth-order valence-electron chi connectivity index (χ4n) is 3.05. The molecule has 146 valence electrons. The van der Waals surface area contributed by atoms with Crippen molar-refractivity contribution in [1.82, 2.24) is 9.97 Å². The van der Waals surface area contributed by atoms with E-state index in [1.165, 1.54) is 42.9 Å². The summed E-state index contributed by atoms with van der Waals surface area (Å²) >= 11 is 0. The first-order chi connectivity index (χ1) is 14.0. The van der Waals surface area contributed by atoms with Gasteiger partial charge in [0.25, 0.3) is 5.69 Å². The number of ether oxygens (including phenoxy) is 1. The zero-order valence-corrected chi connectivity index (χ0v) is 14.8. The predicted molar refractivity (Wildman–Crippen MR) is 101 cm³/mol. The summed E-state index contributed by atoms with van der Waals surface area (Å²) < 4.78 is 29.8. The van der Waals surface area contributed by atoms with Crippen LogP contribution in [0.25, 0.3) is 0 Å². The summed E-state index contributed by atoms with van der Waals surface area (Å²) in [6.45, 7) is -2.76. The van der Waals surface area contributed by atoms with Crippen LogP contribution >= 0.6 is 0 Å². The number of nitro groups is 1. The normalized spacial score (nSPS) is 13.1. The van der Waals surface area contributed by atoms with Crippen LogP contribution in [0.15, 0.2) is 66.0 Å². The Kier molecular flexibility index (Phi) is 4.82. The van der Waals surface area contributed by atoms with Crippen molar-refractivity contribution in [3.05, 3.63) is 82.4 Å². The van der Waals surface area contributed by atoms with E-state index < -0.39 is 11.5 Å². The highest BCUT2D eigenvalue weighted by Crippen LogP contribution is 2.37. The monoisotopic (exact) mass is 397 g/mol. The minimum atomic E-state index is -2.96. The molecule has 0 radical (unpaired) electrons. The third kappa shape index (κ3) is 3.72. The SMILES string of the molecule is O=[N+]([O-])c1ccc2c(c1)CN=C(c1cnccn1)N2c1cccc(OC(F)F)c1. The van der Waals surface area contributed by atoms with Crippen molar-refractivity contribution in [3.8, 4) is 5.75 Å².